The van der Waals surface area contributed by atoms with Crippen LogP contribution in [0.1, 0.15) is 36.0 Å². The zero-order chi connectivity index (χ0) is 18.2. The number of nitrogens with one attached hydrogen (secondary N) is 1. The van der Waals surface area contributed by atoms with Gasteiger partial charge in [0.2, 0.25) is 0 Å². The number of anilines is 1. The van der Waals surface area contributed by atoms with Gasteiger partial charge in [0.15, 0.2) is 0 Å². The predicted molar refractivity (Wildman–Crippen MR) is 107 cm³/mol. The number of benzene rings is 1. The molecular weight excluding hydrogens is 398 g/mol. The van der Waals surface area contributed by atoms with Gasteiger partial charge in [-0.15, -0.1) is 11.3 Å². The predicted octanol–water partition coefficient (Wildman–Crippen LogP) is 5.46. The monoisotopic (exact) mass is 417 g/mol. The van der Waals surface area contributed by atoms with E-state index in [2.05, 4.69) is 53.2 Å². The van der Waals surface area contributed by atoms with Crippen molar-refractivity contribution in [2.75, 3.05) is 5.32 Å². The fourth-order valence-electron chi connectivity index (χ4n) is 2.68. The van der Waals surface area contributed by atoms with Gasteiger partial charge in [0.25, 0.3) is 5.91 Å². The Morgan fingerprint density at radius 1 is 1.24 bits per heavy atom. The standard InChI is InChI=1S/C19H20BrN3OS/c1-19(2,3)12-7-5-6-8-14(12)22-18(24)16-11-13(20)17(25-16)15-9-10-21-23(15)4/h5-11H,1-4H3,(H,22,24). The molecule has 1 N–H and O–H groups in total. The van der Waals surface area contributed by atoms with Crippen LogP contribution in [0.3, 0.4) is 0 Å². The lowest BCUT2D eigenvalue weighted by Crippen LogP contribution is -2.18. The second-order valence-corrected chi connectivity index (χ2v) is 8.78. The molecule has 0 spiro atoms. The minimum absolute atomic E-state index is 0.0419. The quantitative estimate of drug-likeness (QED) is 0.614. The second kappa shape index (κ2) is 6.77. The van der Waals surface area contributed by atoms with Crippen LogP contribution in [0.5, 0.6) is 0 Å². The molecule has 0 bridgehead atoms. The Morgan fingerprint density at radius 3 is 2.60 bits per heavy atom. The van der Waals surface area contributed by atoms with Crippen LogP contribution in [0.15, 0.2) is 47.1 Å². The lowest BCUT2D eigenvalue weighted by atomic mass is 9.86. The van der Waals surface area contributed by atoms with Crippen molar-refractivity contribution in [2.24, 2.45) is 7.05 Å². The van der Waals surface area contributed by atoms with E-state index in [1.54, 1.807) is 10.9 Å². The van der Waals surface area contributed by atoms with Crippen LogP contribution in [0.25, 0.3) is 10.6 Å². The van der Waals surface area contributed by atoms with E-state index >= 15 is 0 Å². The van der Waals surface area contributed by atoms with Crippen LogP contribution >= 0.6 is 27.3 Å². The number of carbonyl (C=O) groups excluding carboxylic acids is 1. The van der Waals surface area contributed by atoms with Crippen molar-refractivity contribution in [3.63, 3.8) is 0 Å². The van der Waals surface area contributed by atoms with Crippen LogP contribution in [0.4, 0.5) is 5.69 Å². The average molecular weight is 418 g/mol. The van der Waals surface area contributed by atoms with E-state index in [1.807, 2.05) is 37.4 Å². The number of nitrogens with zero attached hydrogens (tertiary/aromatic N) is 2. The summed E-state index contributed by atoms with van der Waals surface area (Å²) in [7, 11) is 1.89. The van der Waals surface area contributed by atoms with Crippen molar-refractivity contribution >= 4 is 38.9 Å². The Morgan fingerprint density at radius 2 is 1.96 bits per heavy atom. The molecule has 0 aliphatic carbocycles. The molecule has 0 saturated carbocycles. The zero-order valence-electron chi connectivity index (χ0n) is 14.6. The fraction of sp³-hybridized carbons (Fsp3) is 0.263. The van der Waals surface area contributed by atoms with E-state index in [-0.39, 0.29) is 11.3 Å². The second-order valence-electron chi connectivity index (χ2n) is 6.88. The maximum absolute atomic E-state index is 12.8. The number of amides is 1. The Bertz CT molecular complexity index is 921. The van der Waals surface area contributed by atoms with E-state index in [1.165, 1.54) is 11.3 Å². The van der Waals surface area contributed by atoms with Crippen LogP contribution in [-0.4, -0.2) is 15.7 Å². The molecule has 4 nitrogen and oxygen atoms in total. The summed E-state index contributed by atoms with van der Waals surface area (Å²) < 4.78 is 2.70. The van der Waals surface area contributed by atoms with Gasteiger partial charge in [0, 0.05) is 23.4 Å². The molecule has 0 aliphatic heterocycles. The van der Waals surface area contributed by atoms with Crippen molar-refractivity contribution in [2.45, 2.75) is 26.2 Å². The molecule has 1 aromatic carbocycles. The summed E-state index contributed by atoms with van der Waals surface area (Å²) in [5.74, 6) is -0.101. The van der Waals surface area contributed by atoms with Gasteiger partial charge in [0.05, 0.1) is 15.4 Å². The summed E-state index contributed by atoms with van der Waals surface area (Å²) in [4.78, 5) is 14.4. The number of halogens is 1. The largest absolute Gasteiger partial charge is 0.321 e. The molecule has 1 amide bonds. The first-order chi connectivity index (χ1) is 11.8. The highest BCUT2D eigenvalue weighted by Gasteiger charge is 2.21. The third kappa shape index (κ3) is 3.70. The van der Waals surface area contributed by atoms with Gasteiger partial charge < -0.3 is 5.32 Å². The van der Waals surface area contributed by atoms with Crippen LogP contribution in [0.2, 0.25) is 0 Å². The Hall–Kier alpha value is -1.92. The molecule has 0 atom stereocenters. The summed E-state index contributed by atoms with van der Waals surface area (Å²) in [5.41, 5.74) is 2.91. The number of carbonyl (C=O) groups is 1. The number of rotatable bonds is 3. The topological polar surface area (TPSA) is 46.9 Å². The molecule has 0 fully saturated rings. The molecule has 2 heterocycles. The molecule has 25 heavy (non-hydrogen) atoms. The molecule has 6 heteroatoms. The van der Waals surface area contributed by atoms with E-state index in [0.717, 1.165) is 26.3 Å². The van der Waals surface area contributed by atoms with Crippen molar-refractivity contribution < 1.29 is 4.79 Å². The molecule has 0 radical (unpaired) electrons. The van der Waals surface area contributed by atoms with E-state index < -0.39 is 0 Å². The molecule has 0 saturated heterocycles. The number of hydrogen-bond acceptors (Lipinski definition) is 3. The highest BCUT2D eigenvalue weighted by molar-refractivity contribution is 9.10. The van der Waals surface area contributed by atoms with Gasteiger partial charge in [-0.3, -0.25) is 9.48 Å². The van der Waals surface area contributed by atoms with Gasteiger partial charge in [-0.2, -0.15) is 5.10 Å². The maximum atomic E-state index is 12.8. The maximum Gasteiger partial charge on any atom is 0.265 e. The molecule has 3 rings (SSSR count). The summed E-state index contributed by atoms with van der Waals surface area (Å²) in [5, 5.41) is 7.26. The van der Waals surface area contributed by atoms with E-state index in [9.17, 15) is 4.79 Å². The molecule has 2 aromatic heterocycles. The summed E-state index contributed by atoms with van der Waals surface area (Å²) >= 11 is 5.01. The lowest BCUT2D eigenvalue weighted by Gasteiger charge is -2.22. The number of aryl methyl sites for hydroxylation is 1. The minimum atomic E-state index is -0.101. The first-order valence-corrected chi connectivity index (χ1v) is 9.57. The van der Waals surface area contributed by atoms with Gasteiger partial charge in [-0.25, -0.2) is 0 Å². The molecular formula is C19H20BrN3OS. The normalized spacial score (nSPS) is 11.6. The highest BCUT2D eigenvalue weighted by atomic mass is 79.9. The third-order valence-corrected chi connectivity index (χ3v) is 5.99. The first kappa shape index (κ1) is 17.9. The summed E-state index contributed by atoms with van der Waals surface area (Å²) in [6.07, 6.45) is 1.75. The van der Waals surface area contributed by atoms with Gasteiger partial charge in [-0.05, 0) is 45.1 Å². The smallest absolute Gasteiger partial charge is 0.265 e. The van der Waals surface area contributed by atoms with Crippen LogP contribution in [-0.2, 0) is 12.5 Å². The highest BCUT2D eigenvalue weighted by Crippen LogP contribution is 2.37. The van der Waals surface area contributed by atoms with Crippen LogP contribution in [0, 0.1) is 0 Å². The molecule has 130 valence electrons. The van der Waals surface area contributed by atoms with Crippen molar-refractivity contribution in [1.82, 2.24) is 9.78 Å². The number of para-hydroxylation sites is 1. The van der Waals surface area contributed by atoms with Crippen molar-refractivity contribution in [3.8, 4) is 10.6 Å². The molecule has 3 aromatic rings. The Kier molecular flexibility index (Phi) is 4.84. The molecule has 0 unspecified atom stereocenters. The first-order valence-electron chi connectivity index (χ1n) is 7.96. The number of thiophene rings is 1. The van der Waals surface area contributed by atoms with Crippen molar-refractivity contribution in [1.29, 1.82) is 0 Å². The van der Waals surface area contributed by atoms with Gasteiger partial charge in [0.1, 0.15) is 0 Å². The van der Waals surface area contributed by atoms with Gasteiger partial charge >= 0.3 is 0 Å². The Labute approximate surface area is 160 Å². The fourth-order valence-corrected chi connectivity index (χ4v) is 4.51. The summed E-state index contributed by atoms with van der Waals surface area (Å²) in [6, 6.07) is 11.7. The zero-order valence-corrected chi connectivity index (χ0v) is 17.0. The SMILES string of the molecule is Cn1nccc1-c1sc(C(=O)Nc2ccccc2C(C)(C)C)cc1Br. The van der Waals surface area contributed by atoms with E-state index in [4.69, 9.17) is 0 Å². The Balaban J connectivity index is 1.90. The molecule has 0 aliphatic rings. The minimum Gasteiger partial charge on any atom is -0.321 e. The van der Waals surface area contributed by atoms with Crippen molar-refractivity contribution in [3.05, 3.63) is 57.5 Å². The average Bonchev–Trinajstić information content (AvgIpc) is 3.12. The number of hydrogen-bond donors (Lipinski definition) is 1. The van der Waals surface area contributed by atoms with E-state index in [0.29, 0.717) is 4.88 Å². The van der Waals surface area contributed by atoms with Crippen LogP contribution < -0.4 is 5.32 Å². The lowest BCUT2D eigenvalue weighted by molar-refractivity contribution is 0.103. The third-order valence-electron chi connectivity index (χ3n) is 3.95. The van der Waals surface area contributed by atoms with Gasteiger partial charge in [-0.1, -0.05) is 39.0 Å². The number of aromatic nitrogens is 2. The summed E-state index contributed by atoms with van der Waals surface area (Å²) in [6.45, 7) is 6.42.